The van der Waals surface area contributed by atoms with Crippen molar-refractivity contribution in [3.8, 4) is 5.88 Å². The number of halogens is 2. The predicted molar refractivity (Wildman–Crippen MR) is 129 cm³/mol. The van der Waals surface area contributed by atoms with E-state index >= 15 is 0 Å². The SMILES string of the molecule is COc1ccc(NS(=O)(=O)c2ccc(N3CC[C@H](N4CCc5c4ccc(F)c5Cl)C3=O)cc2)nn1. The van der Waals surface area contributed by atoms with Crippen LogP contribution in [0.15, 0.2) is 53.4 Å². The Morgan fingerprint density at radius 1 is 1.09 bits per heavy atom. The largest absolute Gasteiger partial charge is 0.480 e. The van der Waals surface area contributed by atoms with E-state index < -0.39 is 21.9 Å². The highest BCUT2D eigenvalue weighted by Crippen LogP contribution is 2.38. The standard InChI is InChI=1S/C23H21ClFN5O4S/c1-34-21-9-8-20(26-27-21)28-35(32,33)15-4-2-14(3-5-15)29-13-11-19(23(29)31)30-12-10-16-18(30)7-6-17(25)22(16)24/h2-9,19H,10-13H2,1H3,(H,26,28)/t19-/m0/s1. The second kappa shape index (κ2) is 8.97. The molecule has 1 aromatic heterocycles. The quantitative estimate of drug-likeness (QED) is 0.535. The van der Waals surface area contributed by atoms with Gasteiger partial charge in [0.15, 0.2) is 5.82 Å². The number of amides is 1. The Bertz CT molecular complexity index is 1390. The lowest BCUT2D eigenvalue weighted by atomic mass is 10.1. The minimum absolute atomic E-state index is 0.0206. The number of aromatic nitrogens is 2. The zero-order chi connectivity index (χ0) is 24.7. The number of sulfonamides is 1. The summed E-state index contributed by atoms with van der Waals surface area (Å²) in [7, 11) is -2.47. The van der Waals surface area contributed by atoms with Crippen LogP contribution < -0.4 is 19.3 Å². The first-order chi connectivity index (χ1) is 16.8. The Kier molecular flexibility index (Phi) is 5.97. The number of methoxy groups -OCH3 is 1. The number of hydrogen-bond acceptors (Lipinski definition) is 7. The molecule has 2 aliphatic rings. The van der Waals surface area contributed by atoms with E-state index in [4.69, 9.17) is 16.3 Å². The minimum atomic E-state index is -3.90. The molecule has 1 saturated heterocycles. The lowest BCUT2D eigenvalue weighted by molar-refractivity contribution is -0.118. The molecule has 1 amide bonds. The fraction of sp³-hybridized carbons (Fsp3) is 0.261. The van der Waals surface area contributed by atoms with Gasteiger partial charge >= 0.3 is 0 Å². The molecule has 0 radical (unpaired) electrons. The zero-order valence-electron chi connectivity index (χ0n) is 18.6. The highest BCUT2D eigenvalue weighted by atomic mass is 35.5. The van der Waals surface area contributed by atoms with Crippen molar-refractivity contribution in [2.75, 3.05) is 34.7 Å². The number of carbonyl (C=O) groups is 1. The van der Waals surface area contributed by atoms with Crippen LogP contribution in [0, 0.1) is 5.82 Å². The third-order valence-electron chi connectivity index (χ3n) is 6.18. The van der Waals surface area contributed by atoms with Gasteiger partial charge in [-0.1, -0.05) is 11.6 Å². The molecular weight excluding hydrogens is 497 g/mol. The summed E-state index contributed by atoms with van der Waals surface area (Å²) >= 11 is 6.12. The van der Waals surface area contributed by atoms with Crippen molar-refractivity contribution >= 4 is 44.7 Å². The van der Waals surface area contributed by atoms with E-state index in [1.54, 1.807) is 23.1 Å². The van der Waals surface area contributed by atoms with Gasteiger partial charge in [-0.25, -0.2) is 12.8 Å². The number of anilines is 3. The second-order valence-electron chi connectivity index (χ2n) is 8.16. The molecule has 2 aliphatic heterocycles. The molecule has 182 valence electrons. The smallest absolute Gasteiger partial charge is 0.263 e. The van der Waals surface area contributed by atoms with Gasteiger partial charge in [-0.05, 0) is 60.9 Å². The van der Waals surface area contributed by atoms with E-state index in [0.717, 1.165) is 11.3 Å². The van der Waals surface area contributed by atoms with Gasteiger partial charge in [0.2, 0.25) is 11.8 Å². The summed E-state index contributed by atoms with van der Waals surface area (Å²) in [5.41, 5.74) is 2.10. The molecule has 3 heterocycles. The molecule has 0 aliphatic carbocycles. The maximum atomic E-state index is 13.8. The highest BCUT2D eigenvalue weighted by Gasteiger charge is 2.39. The van der Waals surface area contributed by atoms with Crippen LogP contribution in [0.4, 0.5) is 21.6 Å². The van der Waals surface area contributed by atoms with Crippen molar-refractivity contribution in [2.45, 2.75) is 23.8 Å². The van der Waals surface area contributed by atoms with Crippen LogP contribution >= 0.6 is 11.6 Å². The van der Waals surface area contributed by atoms with E-state index in [2.05, 4.69) is 14.9 Å². The summed E-state index contributed by atoms with van der Waals surface area (Å²) in [4.78, 5) is 16.9. The molecule has 0 spiro atoms. The van der Waals surface area contributed by atoms with E-state index in [1.165, 1.54) is 37.4 Å². The molecule has 12 heteroatoms. The fourth-order valence-corrected chi connectivity index (χ4v) is 5.71. The average molecular weight is 518 g/mol. The van der Waals surface area contributed by atoms with Gasteiger partial charge in [-0.3, -0.25) is 9.52 Å². The van der Waals surface area contributed by atoms with Crippen molar-refractivity contribution < 1.29 is 22.3 Å². The van der Waals surface area contributed by atoms with Gasteiger partial charge in [-0.2, -0.15) is 0 Å². The fourth-order valence-electron chi connectivity index (χ4n) is 4.46. The summed E-state index contributed by atoms with van der Waals surface area (Å²) in [6.45, 7) is 1.07. The number of hydrogen-bond donors (Lipinski definition) is 1. The number of fused-ring (bicyclic) bond motifs is 1. The molecular formula is C23H21ClFN5O4S. The van der Waals surface area contributed by atoms with E-state index in [0.29, 0.717) is 31.6 Å². The van der Waals surface area contributed by atoms with Gasteiger partial charge in [0, 0.05) is 30.5 Å². The van der Waals surface area contributed by atoms with Crippen LogP contribution in [0.3, 0.4) is 0 Å². The van der Waals surface area contributed by atoms with Crippen LogP contribution in [0.2, 0.25) is 5.02 Å². The molecule has 3 aromatic rings. The summed E-state index contributed by atoms with van der Waals surface area (Å²) in [6.07, 6.45) is 1.17. The zero-order valence-corrected chi connectivity index (χ0v) is 20.2. The Morgan fingerprint density at radius 3 is 2.54 bits per heavy atom. The van der Waals surface area contributed by atoms with Gasteiger partial charge in [0.1, 0.15) is 11.9 Å². The van der Waals surface area contributed by atoms with E-state index in [9.17, 15) is 17.6 Å². The van der Waals surface area contributed by atoms with Gasteiger partial charge in [-0.15, -0.1) is 10.2 Å². The number of nitrogens with zero attached hydrogens (tertiary/aromatic N) is 4. The highest BCUT2D eigenvalue weighted by molar-refractivity contribution is 7.92. The topological polar surface area (TPSA) is 105 Å². The number of rotatable bonds is 6. The van der Waals surface area contributed by atoms with Crippen molar-refractivity contribution in [1.82, 2.24) is 10.2 Å². The first-order valence-corrected chi connectivity index (χ1v) is 12.7. The second-order valence-corrected chi connectivity index (χ2v) is 10.2. The first kappa shape index (κ1) is 23.3. The van der Waals surface area contributed by atoms with Crippen molar-refractivity contribution in [2.24, 2.45) is 0 Å². The van der Waals surface area contributed by atoms with Crippen molar-refractivity contribution in [1.29, 1.82) is 0 Å². The maximum absolute atomic E-state index is 13.8. The van der Waals surface area contributed by atoms with Crippen molar-refractivity contribution in [3.63, 3.8) is 0 Å². The average Bonchev–Trinajstić information content (AvgIpc) is 3.45. The van der Waals surface area contributed by atoms with Crippen LogP contribution in [0.5, 0.6) is 5.88 Å². The summed E-state index contributed by atoms with van der Waals surface area (Å²) in [5.74, 6) is -0.243. The first-order valence-electron chi connectivity index (χ1n) is 10.8. The molecule has 35 heavy (non-hydrogen) atoms. The third-order valence-corrected chi connectivity index (χ3v) is 7.96. The van der Waals surface area contributed by atoms with Crippen LogP contribution in [-0.2, 0) is 21.2 Å². The van der Waals surface area contributed by atoms with Gasteiger partial charge in [0.05, 0.1) is 17.0 Å². The number of nitrogens with one attached hydrogen (secondary N) is 1. The van der Waals surface area contributed by atoms with Gasteiger partial charge in [0.25, 0.3) is 10.0 Å². The molecule has 1 fully saturated rings. The lowest BCUT2D eigenvalue weighted by Gasteiger charge is -2.26. The van der Waals surface area contributed by atoms with Crippen LogP contribution in [0.25, 0.3) is 0 Å². The Labute approximate surface area is 206 Å². The van der Waals surface area contributed by atoms with Crippen molar-refractivity contribution in [3.05, 3.63) is 64.9 Å². The summed E-state index contributed by atoms with van der Waals surface area (Å²) < 4.78 is 46.5. The maximum Gasteiger partial charge on any atom is 0.263 e. The van der Waals surface area contributed by atoms with E-state index in [-0.39, 0.29) is 27.5 Å². The molecule has 2 aromatic carbocycles. The van der Waals surface area contributed by atoms with E-state index in [1.807, 2.05) is 4.90 Å². The minimum Gasteiger partial charge on any atom is -0.480 e. The number of ether oxygens (including phenoxy) is 1. The normalized spacial score (nSPS) is 17.6. The predicted octanol–water partition coefficient (Wildman–Crippen LogP) is 3.25. The molecule has 5 rings (SSSR count). The Hall–Kier alpha value is -3.44. The summed E-state index contributed by atoms with van der Waals surface area (Å²) in [5, 5.41) is 7.62. The monoisotopic (exact) mass is 517 g/mol. The Balaban J connectivity index is 1.30. The molecule has 1 N–H and O–H groups in total. The Morgan fingerprint density at radius 2 is 1.86 bits per heavy atom. The molecule has 0 saturated carbocycles. The van der Waals surface area contributed by atoms with Crippen LogP contribution in [-0.4, -0.2) is 50.8 Å². The molecule has 0 unspecified atom stereocenters. The molecule has 9 nitrogen and oxygen atoms in total. The van der Waals surface area contributed by atoms with Gasteiger partial charge < -0.3 is 14.5 Å². The molecule has 1 atom stereocenters. The lowest BCUT2D eigenvalue weighted by Crippen LogP contribution is -2.41. The number of benzene rings is 2. The molecule has 0 bridgehead atoms. The van der Waals surface area contributed by atoms with Crippen LogP contribution in [0.1, 0.15) is 12.0 Å². The summed E-state index contributed by atoms with van der Waals surface area (Å²) in [6, 6.07) is 11.6. The third kappa shape index (κ3) is 4.25. The number of carbonyl (C=O) groups excluding carboxylic acids is 1.